The Bertz CT molecular complexity index is 307. The van der Waals surface area contributed by atoms with Crippen molar-refractivity contribution in [2.45, 2.75) is 19.3 Å². The monoisotopic (exact) mass is 308 g/mol. The van der Waals surface area contributed by atoms with E-state index in [0.717, 1.165) is 35.2 Å². The summed E-state index contributed by atoms with van der Waals surface area (Å²) in [4.78, 5) is 0. The minimum Gasteiger partial charge on any atom is -0.492 e. The Kier molecular flexibility index (Phi) is 6.53. The van der Waals surface area contributed by atoms with Crippen LogP contribution >= 0.6 is 40.2 Å². The highest BCUT2D eigenvalue weighted by atomic mass is 79.9. The van der Waals surface area contributed by atoms with E-state index >= 15 is 0 Å². The second-order valence-corrected chi connectivity index (χ2v) is 4.98. The SMILES string of the molecule is SCCCCCOc1cc(Br)ccc1Cl. The summed E-state index contributed by atoms with van der Waals surface area (Å²) in [5.74, 6) is 1.69. The average molecular weight is 310 g/mol. The molecule has 0 aliphatic heterocycles. The van der Waals surface area contributed by atoms with E-state index in [1.165, 1.54) is 0 Å². The Hall–Kier alpha value is 0.140. The van der Waals surface area contributed by atoms with Crippen molar-refractivity contribution in [3.8, 4) is 5.75 Å². The van der Waals surface area contributed by atoms with Crippen LogP contribution in [0.5, 0.6) is 5.75 Å². The molecule has 0 heterocycles. The Balaban J connectivity index is 2.33. The topological polar surface area (TPSA) is 9.23 Å². The summed E-state index contributed by atoms with van der Waals surface area (Å²) in [7, 11) is 0. The van der Waals surface area contributed by atoms with Gasteiger partial charge in [0.15, 0.2) is 0 Å². The third kappa shape index (κ3) is 5.14. The molecule has 0 spiro atoms. The van der Waals surface area contributed by atoms with Gasteiger partial charge in [-0.05, 0) is 43.2 Å². The standard InChI is InChI=1S/C11H14BrClOS/c12-9-4-5-10(13)11(8-9)14-6-2-1-3-7-15/h4-5,8,15H,1-3,6-7H2. The van der Waals surface area contributed by atoms with Gasteiger partial charge in [0.05, 0.1) is 11.6 Å². The molecule has 1 nitrogen and oxygen atoms in total. The Labute approximate surface area is 110 Å². The molecule has 0 aliphatic rings. The molecule has 0 bridgehead atoms. The van der Waals surface area contributed by atoms with E-state index < -0.39 is 0 Å². The molecule has 0 saturated carbocycles. The maximum Gasteiger partial charge on any atom is 0.139 e. The first-order valence-corrected chi connectivity index (χ1v) is 6.73. The van der Waals surface area contributed by atoms with E-state index in [1.54, 1.807) is 0 Å². The number of ether oxygens (including phenoxy) is 1. The zero-order chi connectivity index (χ0) is 11.1. The molecule has 1 aromatic rings. The second-order valence-electron chi connectivity index (χ2n) is 3.21. The van der Waals surface area contributed by atoms with Crippen LogP contribution in [0.4, 0.5) is 0 Å². The largest absolute Gasteiger partial charge is 0.492 e. The van der Waals surface area contributed by atoms with Gasteiger partial charge >= 0.3 is 0 Å². The van der Waals surface area contributed by atoms with E-state index in [4.69, 9.17) is 16.3 Å². The van der Waals surface area contributed by atoms with E-state index in [1.807, 2.05) is 18.2 Å². The van der Waals surface area contributed by atoms with Crippen LogP contribution in [0.1, 0.15) is 19.3 Å². The number of benzene rings is 1. The van der Waals surface area contributed by atoms with Gasteiger partial charge in [-0.15, -0.1) is 0 Å². The molecular formula is C11H14BrClOS. The summed E-state index contributed by atoms with van der Waals surface area (Å²) < 4.78 is 6.56. The maximum absolute atomic E-state index is 5.98. The lowest BCUT2D eigenvalue weighted by Gasteiger charge is -2.07. The summed E-state index contributed by atoms with van der Waals surface area (Å²) >= 11 is 13.5. The molecule has 0 fully saturated rings. The highest BCUT2D eigenvalue weighted by molar-refractivity contribution is 9.10. The fourth-order valence-corrected chi connectivity index (χ4v) is 1.90. The summed E-state index contributed by atoms with van der Waals surface area (Å²) in [6.45, 7) is 0.712. The highest BCUT2D eigenvalue weighted by Gasteiger charge is 2.01. The Morgan fingerprint density at radius 2 is 2.07 bits per heavy atom. The first-order valence-electron chi connectivity index (χ1n) is 4.93. The molecule has 0 aliphatic carbocycles. The van der Waals surface area contributed by atoms with Crippen LogP contribution in [0.3, 0.4) is 0 Å². The van der Waals surface area contributed by atoms with Crippen LogP contribution in [0, 0.1) is 0 Å². The molecule has 0 unspecified atom stereocenters. The number of halogens is 2. The normalized spacial score (nSPS) is 10.3. The van der Waals surface area contributed by atoms with Crippen LogP contribution in [0.25, 0.3) is 0 Å². The lowest BCUT2D eigenvalue weighted by Crippen LogP contribution is -1.98. The van der Waals surface area contributed by atoms with Crippen molar-refractivity contribution in [1.29, 1.82) is 0 Å². The highest BCUT2D eigenvalue weighted by Crippen LogP contribution is 2.27. The molecule has 15 heavy (non-hydrogen) atoms. The fraction of sp³-hybridized carbons (Fsp3) is 0.455. The van der Waals surface area contributed by atoms with E-state index in [9.17, 15) is 0 Å². The molecule has 84 valence electrons. The van der Waals surface area contributed by atoms with E-state index in [-0.39, 0.29) is 0 Å². The van der Waals surface area contributed by atoms with Crippen LogP contribution in [-0.2, 0) is 0 Å². The van der Waals surface area contributed by atoms with Gasteiger partial charge in [0.1, 0.15) is 5.75 Å². The summed E-state index contributed by atoms with van der Waals surface area (Å²) in [6.07, 6.45) is 3.33. The van der Waals surface area contributed by atoms with Crippen LogP contribution < -0.4 is 4.74 Å². The van der Waals surface area contributed by atoms with Gasteiger partial charge in [-0.3, -0.25) is 0 Å². The van der Waals surface area contributed by atoms with Crippen molar-refractivity contribution in [3.05, 3.63) is 27.7 Å². The van der Waals surface area contributed by atoms with Gasteiger partial charge in [-0.2, -0.15) is 12.6 Å². The molecule has 0 N–H and O–H groups in total. The van der Waals surface area contributed by atoms with Crippen molar-refractivity contribution in [1.82, 2.24) is 0 Å². The zero-order valence-corrected chi connectivity index (χ0v) is 11.6. The lowest BCUT2D eigenvalue weighted by molar-refractivity contribution is 0.306. The summed E-state index contributed by atoms with van der Waals surface area (Å²) in [5.41, 5.74) is 0. The van der Waals surface area contributed by atoms with Crippen molar-refractivity contribution in [2.75, 3.05) is 12.4 Å². The molecule has 1 rings (SSSR count). The van der Waals surface area contributed by atoms with E-state index in [0.29, 0.717) is 11.6 Å². The predicted octanol–water partition coefficient (Wildman–Crippen LogP) is 4.58. The predicted molar refractivity (Wildman–Crippen MR) is 72.4 cm³/mol. The minimum absolute atomic E-state index is 0.660. The Morgan fingerprint density at radius 3 is 2.80 bits per heavy atom. The number of thiol groups is 1. The van der Waals surface area contributed by atoms with Crippen LogP contribution in [-0.4, -0.2) is 12.4 Å². The van der Waals surface area contributed by atoms with Crippen molar-refractivity contribution in [3.63, 3.8) is 0 Å². The van der Waals surface area contributed by atoms with Gasteiger partial charge in [0.2, 0.25) is 0 Å². The average Bonchev–Trinajstić information content (AvgIpc) is 2.23. The van der Waals surface area contributed by atoms with Gasteiger partial charge in [0.25, 0.3) is 0 Å². The summed E-state index contributed by atoms with van der Waals surface area (Å²) in [6, 6.07) is 5.62. The molecule has 4 heteroatoms. The third-order valence-electron chi connectivity index (χ3n) is 1.95. The lowest BCUT2D eigenvalue weighted by atomic mass is 10.3. The van der Waals surface area contributed by atoms with Gasteiger partial charge < -0.3 is 4.74 Å². The quantitative estimate of drug-likeness (QED) is 0.598. The second kappa shape index (κ2) is 7.42. The van der Waals surface area contributed by atoms with Crippen LogP contribution in [0.15, 0.2) is 22.7 Å². The fourth-order valence-electron chi connectivity index (χ4n) is 1.16. The van der Waals surface area contributed by atoms with Crippen LogP contribution in [0.2, 0.25) is 5.02 Å². The third-order valence-corrected chi connectivity index (χ3v) is 3.07. The number of hydrogen-bond acceptors (Lipinski definition) is 2. The zero-order valence-electron chi connectivity index (χ0n) is 8.38. The molecule has 0 amide bonds. The van der Waals surface area contributed by atoms with Crippen molar-refractivity contribution in [2.24, 2.45) is 0 Å². The van der Waals surface area contributed by atoms with Crippen molar-refractivity contribution < 1.29 is 4.74 Å². The summed E-state index contributed by atoms with van der Waals surface area (Å²) in [5, 5.41) is 0.660. The molecule has 0 aromatic heterocycles. The first kappa shape index (κ1) is 13.2. The van der Waals surface area contributed by atoms with Gasteiger partial charge in [0, 0.05) is 4.47 Å². The molecule has 0 atom stereocenters. The van der Waals surface area contributed by atoms with E-state index in [2.05, 4.69) is 28.6 Å². The van der Waals surface area contributed by atoms with Gasteiger partial charge in [-0.1, -0.05) is 27.5 Å². The first-order chi connectivity index (χ1) is 7.24. The minimum atomic E-state index is 0.660. The smallest absolute Gasteiger partial charge is 0.139 e. The van der Waals surface area contributed by atoms with Gasteiger partial charge in [-0.25, -0.2) is 0 Å². The number of hydrogen-bond donors (Lipinski definition) is 1. The number of rotatable bonds is 6. The maximum atomic E-state index is 5.98. The number of unbranched alkanes of at least 4 members (excludes halogenated alkanes) is 2. The molecule has 1 aromatic carbocycles. The Morgan fingerprint density at radius 1 is 1.27 bits per heavy atom. The molecule has 0 saturated heterocycles. The molecular weight excluding hydrogens is 296 g/mol. The molecule has 0 radical (unpaired) electrons. The van der Waals surface area contributed by atoms with Crippen molar-refractivity contribution >= 4 is 40.2 Å².